The lowest BCUT2D eigenvalue weighted by Crippen LogP contribution is -2.05. The molecule has 3 nitrogen and oxygen atoms in total. The monoisotopic (exact) mass is 182 g/mol. The van der Waals surface area contributed by atoms with Crippen molar-refractivity contribution in [1.82, 2.24) is 5.16 Å². The van der Waals surface area contributed by atoms with Crippen molar-refractivity contribution in [2.75, 3.05) is 11.9 Å². The summed E-state index contributed by atoms with van der Waals surface area (Å²) in [7, 11) is 0. The summed E-state index contributed by atoms with van der Waals surface area (Å²) in [4.78, 5) is 0. The van der Waals surface area contributed by atoms with E-state index in [0.29, 0.717) is 0 Å². The van der Waals surface area contributed by atoms with E-state index in [4.69, 9.17) is 4.52 Å². The van der Waals surface area contributed by atoms with Crippen LogP contribution < -0.4 is 5.32 Å². The zero-order valence-electron chi connectivity index (χ0n) is 8.85. The lowest BCUT2D eigenvalue weighted by atomic mass is 10.1. The molecule has 1 aromatic rings. The maximum Gasteiger partial charge on any atom is 0.156 e. The Balaban J connectivity index is 2.44. The molecule has 3 heteroatoms. The minimum absolute atomic E-state index is 0.730. The molecule has 0 aliphatic carbocycles. The standard InChI is InChI=1S/C10H18N2O/c1-7(2)5-6-11-10-8(3)12-13-9(10)4/h7,11H,5-6H2,1-4H3. The summed E-state index contributed by atoms with van der Waals surface area (Å²) in [6.07, 6.45) is 1.17. The van der Waals surface area contributed by atoms with E-state index in [-0.39, 0.29) is 0 Å². The molecule has 0 saturated heterocycles. The number of rotatable bonds is 4. The van der Waals surface area contributed by atoms with Crippen LogP contribution in [0.15, 0.2) is 4.52 Å². The highest BCUT2D eigenvalue weighted by atomic mass is 16.5. The van der Waals surface area contributed by atoms with Crippen LogP contribution in [0.3, 0.4) is 0 Å². The van der Waals surface area contributed by atoms with Crippen LogP contribution in [0.25, 0.3) is 0 Å². The van der Waals surface area contributed by atoms with E-state index in [0.717, 1.165) is 29.6 Å². The Kier molecular flexibility index (Phi) is 3.34. The van der Waals surface area contributed by atoms with Gasteiger partial charge in [0.1, 0.15) is 11.4 Å². The fraction of sp³-hybridized carbons (Fsp3) is 0.700. The predicted octanol–water partition coefficient (Wildman–Crippen LogP) is 2.75. The molecule has 0 fully saturated rings. The fourth-order valence-electron chi connectivity index (χ4n) is 1.22. The Labute approximate surface area is 79.5 Å². The molecule has 0 radical (unpaired) electrons. The van der Waals surface area contributed by atoms with Gasteiger partial charge in [-0.15, -0.1) is 0 Å². The highest BCUT2D eigenvalue weighted by Crippen LogP contribution is 2.18. The van der Waals surface area contributed by atoms with Crippen LogP contribution in [0.4, 0.5) is 5.69 Å². The molecule has 1 rings (SSSR count). The molecule has 1 N–H and O–H groups in total. The summed E-state index contributed by atoms with van der Waals surface area (Å²) in [6.45, 7) is 9.30. The van der Waals surface area contributed by atoms with Gasteiger partial charge in [-0.25, -0.2) is 0 Å². The van der Waals surface area contributed by atoms with Crippen molar-refractivity contribution in [3.63, 3.8) is 0 Å². The molecule has 0 aromatic carbocycles. The zero-order chi connectivity index (χ0) is 9.84. The van der Waals surface area contributed by atoms with Crippen molar-refractivity contribution in [3.8, 4) is 0 Å². The third-order valence-electron chi connectivity index (χ3n) is 2.06. The summed E-state index contributed by atoms with van der Waals surface area (Å²) in [5.41, 5.74) is 2.00. The van der Waals surface area contributed by atoms with E-state index in [1.807, 2.05) is 13.8 Å². The summed E-state index contributed by atoms with van der Waals surface area (Å²) in [5, 5.41) is 7.21. The Morgan fingerprint density at radius 1 is 1.38 bits per heavy atom. The number of aromatic nitrogens is 1. The highest BCUT2D eigenvalue weighted by Gasteiger charge is 2.07. The molecule has 0 aliphatic rings. The molecule has 0 bridgehead atoms. The van der Waals surface area contributed by atoms with Gasteiger partial charge in [0.15, 0.2) is 5.76 Å². The lowest BCUT2D eigenvalue weighted by molar-refractivity contribution is 0.393. The van der Waals surface area contributed by atoms with Gasteiger partial charge in [-0.1, -0.05) is 19.0 Å². The lowest BCUT2D eigenvalue weighted by Gasteiger charge is -2.06. The van der Waals surface area contributed by atoms with E-state index >= 15 is 0 Å². The molecule has 0 amide bonds. The Bertz CT molecular complexity index is 246. The van der Waals surface area contributed by atoms with Gasteiger partial charge < -0.3 is 9.84 Å². The Morgan fingerprint density at radius 3 is 2.54 bits per heavy atom. The fourth-order valence-corrected chi connectivity index (χ4v) is 1.22. The summed E-state index contributed by atoms with van der Waals surface area (Å²) in [5.74, 6) is 1.61. The first-order valence-electron chi connectivity index (χ1n) is 4.78. The van der Waals surface area contributed by atoms with Gasteiger partial charge in [-0.2, -0.15) is 0 Å². The molecular formula is C10H18N2O. The number of nitrogens with zero attached hydrogens (tertiary/aromatic N) is 1. The molecule has 13 heavy (non-hydrogen) atoms. The van der Waals surface area contributed by atoms with Gasteiger partial charge in [-0.05, 0) is 26.2 Å². The zero-order valence-corrected chi connectivity index (χ0v) is 8.85. The summed E-state index contributed by atoms with van der Waals surface area (Å²) < 4.78 is 5.04. The van der Waals surface area contributed by atoms with E-state index < -0.39 is 0 Å². The second-order valence-electron chi connectivity index (χ2n) is 3.81. The van der Waals surface area contributed by atoms with E-state index in [1.54, 1.807) is 0 Å². The highest BCUT2D eigenvalue weighted by molar-refractivity contribution is 5.49. The Morgan fingerprint density at radius 2 is 2.08 bits per heavy atom. The third kappa shape index (κ3) is 2.76. The minimum Gasteiger partial charge on any atom is -0.381 e. The topological polar surface area (TPSA) is 38.1 Å². The quantitative estimate of drug-likeness (QED) is 0.778. The first kappa shape index (κ1) is 10.1. The van der Waals surface area contributed by atoms with E-state index in [1.165, 1.54) is 6.42 Å². The number of nitrogens with one attached hydrogen (secondary N) is 1. The minimum atomic E-state index is 0.730. The molecular weight excluding hydrogens is 164 g/mol. The predicted molar refractivity (Wildman–Crippen MR) is 53.9 cm³/mol. The van der Waals surface area contributed by atoms with Crippen molar-refractivity contribution in [3.05, 3.63) is 11.5 Å². The average Bonchev–Trinajstić information content (AvgIpc) is 2.34. The second kappa shape index (κ2) is 4.30. The first-order chi connectivity index (χ1) is 6.11. The molecule has 0 atom stereocenters. The van der Waals surface area contributed by atoms with Gasteiger partial charge in [0.2, 0.25) is 0 Å². The van der Waals surface area contributed by atoms with Crippen molar-refractivity contribution in [1.29, 1.82) is 0 Å². The third-order valence-corrected chi connectivity index (χ3v) is 2.06. The van der Waals surface area contributed by atoms with Crippen LogP contribution in [-0.2, 0) is 0 Å². The number of aryl methyl sites for hydroxylation is 2. The van der Waals surface area contributed by atoms with Crippen LogP contribution in [0.5, 0.6) is 0 Å². The molecule has 0 saturated carbocycles. The molecule has 0 spiro atoms. The maximum atomic E-state index is 5.04. The second-order valence-corrected chi connectivity index (χ2v) is 3.81. The number of hydrogen-bond donors (Lipinski definition) is 1. The van der Waals surface area contributed by atoms with Crippen LogP contribution in [0.1, 0.15) is 31.7 Å². The van der Waals surface area contributed by atoms with Crippen molar-refractivity contribution in [2.24, 2.45) is 5.92 Å². The van der Waals surface area contributed by atoms with Crippen LogP contribution in [-0.4, -0.2) is 11.7 Å². The van der Waals surface area contributed by atoms with Crippen molar-refractivity contribution in [2.45, 2.75) is 34.1 Å². The molecule has 0 unspecified atom stereocenters. The maximum absolute atomic E-state index is 5.04. The number of hydrogen-bond acceptors (Lipinski definition) is 3. The summed E-state index contributed by atoms with van der Waals surface area (Å²) >= 11 is 0. The first-order valence-corrected chi connectivity index (χ1v) is 4.78. The van der Waals surface area contributed by atoms with Crippen LogP contribution >= 0.6 is 0 Å². The molecule has 74 valence electrons. The van der Waals surface area contributed by atoms with Crippen LogP contribution in [0, 0.1) is 19.8 Å². The smallest absolute Gasteiger partial charge is 0.156 e. The normalized spacial score (nSPS) is 10.8. The Hall–Kier alpha value is -0.990. The van der Waals surface area contributed by atoms with Crippen LogP contribution in [0.2, 0.25) is 0 Å². The molecule has 1 aromatic heterocycles. The van der Waals surface area contributed by atoms with Gasteiger partial charge in [-0.3, -0.25) is 0 Å². The molecule has 1 heterocycles. The summed E-state index contributed by atoms with van der Waals surface area (Å²) in [6, 6.07) is 0. The van der Waals surface area contributed by atoms with E-state index in [2.05, 4.69) is 24.3 Å². The van der Waals surface area contributed by atoms with Gasteiger partial charge in [0.05, 0.1) is 0 Å². The van der Waals surface area contributed by atoms with Gasteiger partial charge in [0, 0.05) is 6.54 Å². The molecule has 0 aliphatic heterocycles. The average molecular weight is 182 g/mol. The van der Waals surface area contributed by atoms with E-state index in [9.17, 15) is 0 Å². The SMILES string of the molecule is Cc1noc(C)c1NCCC(C)C. The van der Waals surface area contributed by atoms with Gasteiger partial charge >= 0.3 is 0 Å². The number of anilines is 1. The largest absolute Gasteiger partial charge is 0.381 e. The van der Waals surface area contributed by atoms with Crippen molar-refractivity contribution >= 4 is 5.69 Å². The van der Waals surface area contributed by atoms with Crippen molar-refractivity contribution < 1.29 is 4.52 Å². The van der Waals surface area contributed by atoms with Gasteiger partial charge in [0.25, 0.3) is 0 Å².